The third-order valence-corrected chi connectivity index (χ3v) is 12.7. The Morgan fingerprint density at radius 2 is 0.632 bits per heavy atom. The maximum absolute atomic E-state index is 11.7. The van der Waals surface area contributed by atoms with Crippen LogP contribution in [0.5, 0.6) is 0 Å². The zero-order valence-corrected chi connectivity index (χ0v) is 39.1. The summed E-state index contributed by atoms with van der Waals surface area (Å²) in [6.45, 7) is 35.1. The van der Waals surface area contributed by atoms with Crippen molar-refractivity contribution in [3.8, 4) is 0 Å². The van der Waals surface area contributed by atoms with Crippen molar-refractivity contribution < 1.29 is 15.3 Å². The fourth-order valence-corrected chi connectivity index (χ4v) is 11.7. The maximum atomic E-state index is 11.7. The van der Waals surface area contributed by atoms with Gasteiger partial charge in [0, 0.05) is 52.9 Å². The number of hydrogen-bond acceptors (Lipinski definition) is 12. The molecule has 3 aliphatic heterocycles. The van der Waals surface area contributed by atoms with Gasteiger partial charge in [0.1, 0.15) is 18.7 Å². The van der Waals surface area contributed by atoms with Gasteiger partial charge in [-0.1, -0.05) is 20.8 Å². The Hall–Kier alpha value is -1.83. The Kier molecular flexibility index (Phi) is 15.5. The summed E-state index contributed by atoms with van der Waals surface area (Å²) >= 11 is 0. The summed E-state index contributed by atoms with van der Waals surface area (Å²) in [6, 6.07) is 0. The first-order valence-corrected chi connectivity index (χ1v) is 22.7. The van der Waals surface area contributed by atoms with Crippen LogP contribution in [-0.2, 0) is 0 Å². The van der Waals surface area contributed by atoms with Crippen LogP contribution in [0.3, 0.4) is 0 Å². The van der Waals surface area contributed by atoms with Crippen molar-refractivity contribution in [2.24, 2.45) is 17.8 Å². The topological polar surface area (TPSA) is 145 Å². The van der Waals surface area contributed by atoms with Crippen LogP contribution in [0.15, 0.2) is 0 Å². The summed E-state index contributed by atoms with van der Waals surface area (Å²) in [6.07, 6.45) is 8.01. The first-order valence-electron chi connectivity index (χ1n) is 22.7. The lowest BCUT2D eigenvalue weighted by Gasteiger charge is -2.47. The van der Waals surface area contributed by atoms with E-state index in [-0.39, 0.29) is 33.2 Å². The van der Waals surface area contributed by atoms with Crippen LogP contribution in [0.25, 0.3) is 0 Å². The minimum atomic E-state index is -0.802. The van der Waals surface area contributed by atoms with Crippen LogP contribution in [0.2, 0.25) is 0 Å². The van der Waals surface area contributed by atoms with Gasteiger partial charge in [0.15, 0.2) is 0 Å². The van der Waals surface area contributed by atoms with Gasteiger partial charge < -0.3 is 46.0 Å². The van der Waals surface area contributed by atoms with E-state index in [9.17, 15) is 15.3 Å². The van der Waals surface area contributed by atoms with Gasteiger partial charge in [-0.05, 0) is 178 Å². The van der Waals surface area contributed by atoms with Gasteiger partial charge in [0.25, 0.3) is 0 Å². The van der Waals surface area contributed by atoms with E-state index in [1.165, 1.54) is 0 Å². The molecule has 0 spiro atoms. The number of piperidine rings is 3. The van der Waals surface area contributed by atoms with E-state index >= 15 is 0 Å². The average molecular weight is 802 g/mol. The number of aromatic nitrogens is 3. The minimum Gasteiger partial charge on any atom is -0.374 e. The van der Waals surface area contributed by atoms with Gasteiger partial charge in [-0.2, -0.15) is 15.0 Å². The first-order chi connectivity index (χ1) is 26.2. The molecule has 0 saturated carbocycles. The lowest BCUT2D eigenvalue weighted by Crippen LogP contribution is -2.58. The minimum absolute atomic E-state index is 0.0133. The summed E-state index contributed by atoms with van der Waals surface area (Å²) in [4.78, 5) is 21.2. The molecule has 0 amide bonds. The molecule has 3 atom stereocenters. The van der Waals surface area contributed by atoms with Gasteiger partial charge >= 0.3 is 0 Å². The highest BCUT2D eigenvalue weighted by molar-refractivity contribution is 5.47. The van der Waals surface area contributed by atoms with Crippen LogP contribution in [0.4, 0.5) is 17.8 Å². The molecule has 3 saturated heterocycles. The van der Waals surface area contributed by atoms with Crippen molar-refractivity contribution in [1.82, 2.24) is 30.9 Å². The van der Waals surface area contributed by atoms with Crippen LogP contribution >= 0.6 is 0 Å². The fraction of sp³-hybridized carbons (Fsp3) is 0.933. The Bertz CT molecular complexity index is 1210. The molecular weight excluding hydrogens is 715 g/mol. The van der Waals surface area contributed by atoms with Crippen LogP contribution in [-0.4, -0.2) is 102 Å². The predicted octanol–water partition coefficient (Wildman–Crippen LogP) is 7.32. The highest BCUT2D eigenvalue weighted by Gasteiger charge is 2.41. The summed E-state index contributed by atoms with van der Waals surface area (Å²) < 4.78 is 0. The Morgan fingerprint density at radius 3 is 0.807 bits per heavy atom. The monoisotopic (exact) mass is 802 g/mol. The zero-order chi connectivity index (χ0) is 42.8. The van der Waals surface area contributed by atoms with Gasteiger partial charge in [0.05, 0.1) is 0 Å². The molecule has 12 heteroatoms. The Labute approximate surface area is 348 Å². The highest BCUT2D eigenvalue weighted by Crippen LogP contribution is 2.38. The molecule has 0 aromatic carbocycles. The molecule has 3 unspecified atom stereocenters. The molecule has 3 aliphatic rings. The largest absolute Gasteiger partial charge is 0.374 e. The third-order valence-electron chi connectivity index (χ3n) is 12.7. The molecule has 3 fully saturated rings. The van der Waals surface area contributed by atoms with E-state index in [0.717, 1.165) is 57.8 Å². The summed E-state index contributed by atoms with van der Waals surface area (Å²) in [7, 11) is 0. The molecule has 1 aromatic rings. The smallest absolute Gasteiger partial charge is 0.234 e. The SMILES string of the molecule is CCC(O)N(CCC1CC(C)(C)NC(C)(C)C1)c1nc(N(CCC2CC(C)(C)NC(C)(C)C2)C(O)CC)nc(N(CCC2CC(C)(C)NC(C)(C)C2)C(O)CC)n1. The lowest BCUT2D eigenvalue weighted by atomic mass is 9.74. The molecule has 0 bridgehead atoms. The number of rotatable bonds is 18. The van der Waals surface area contributed by atoms with Gasteiger partial charge in [-0.25, -0.2) is 0 Å². The molecule has 330 valence electrons. The van der Waals surface area contributed by atoms with Gasteiger partial charge in [-0.3, -0.25) is 0 Å². The molecule has 6 N–H and O–H groups in total. The normalized spacial score (nSPS) is 24.7. The fourth-order valence-electron chi connectivity index (χ4n) is 11.7. The average Bonchev–Trinajstić information content (AvgIpc) is 3.03. The second-order valence-corrected chi connectivity index (χ2v) is 22.3. The van der Waals surface area contributed by atoms with E-state index in [1.54, 1.807) is 0 Å². The zero-order valence-electron chi connectivity index (χ0n) is 39.1. The van der Waals surface area contributed by atoms with E-state index in [1.807, 2.05) is 35.5 Å². The number of anilines is 3. The molecule has 4 heterocycles. The number of nitrogens with zero attached hydrogens (tertiary/aromatic N) is 6. The maximum Gasteiger partial charge on any atom is 0.234 e. The molecule has 1 aromatic heterocycles. The number of hydrogen-bond donors (Lipinski definition) is 6. The second-order valence-electron chi connectivity index (χ2n) is 22.3. The first kappa shape index (κ1) is 47.8. The van der Waals surface area contributed by atoms with Crippen LogP contribution in [0.1, 0.15) is 181 Å². The van der Waals surface area contributed by atoms with Crippen molar-refractivity contribution in [2.45, 2.75) is 233 Å². The van der Waals surface area contributed by atoms with Gasteiger partial charge in [0.2, 0.25) is 17.8 Å². The van der Waals surface area contributed by atoms with E-state index in [0.29, 0.717) is 74.5 Å². The lowest BCUT2D eigenvalue weighted by molar-refractivity contribution is 0.118. The Morgan fingerprint density at radius 1 is 0.439 bits per heavy atom. The molecule has 4 rings (SSSR count). The van der Waals surface area contributed by atoms with E-state index < -0.39 is 18.7 Å². The van der Waals surface area contributed by atoms with E-state index in [4.69, 9.17) is 15.0 Å². The third kappa shape index (κ3) is 13.9. The van der Waals surface area contributed by atoms with Gasteiger partial charge in [-0.15, -0.1) is 0 Å². The molecule has 0 aliphatic carbocycles. The quantitative estimate of drug-likeness (QED) is 0.0828. The highest BCUT2D eigenvalue weighted by atomic mass is 16.3. The second kappa shape index (κ2) is 18.4. The summed E-state index contributed by atoms with van der Waals surface area (Å²) in [5.74, 6) is 2.55. The number of aliphatic hydroxyl groups is 3. The van der Waals surface area contributed by atoms with E-state index in [2.05, 4.69) is 99.0 Å². The standard InChI is InChI=1S/C45H87N9O3/c1-16-34(55)52(22-19-31-25-40(4,5)49-41(6,7)26-31)37-46-38(53(35(56)17-2)23-20-32-27-42(8,9)50-43(10,11)28-32)48-39(47-37)54(36(57)18-3)24-21-33-29-44(12,13)51-45(14,15)30-33/h31-36,49-51,55-57H,16-30H2,1-15H3. The molecule has 0 radical (unpaired) electrons. The van der Waals surface area contributed by atoms with Crippen molar-refractivity contribution in [1.29, 1.82) is 0 Å². The van der Waals surface area contributed by atoms with Crippen molar-refractivity contribution >= 4 is 17.8 Å². The van der Waals surface area contributed by atoms with Crippen molar-refractivity contribution in [3.63, 3.8) is 0 Å². The Balaban J connectivity index is 1.76. The van der Waals surface area contributed by atoms with Crippen LogP contribution in [0, 0.1) is 17.8 Å². The van der Waals surface area contributed by atoms with Crippen molar-refractivity contribution in [2.75, 3.05) is 34.3 Å². The molecular formula is C45H87N9O3. The predicted molar refractivity (Wildman–Crippen MR) is 237 cm³/mol. The summed E-state index contributed by atoms with van der Waals surface area (Å²) in [5, 5.41) is 46.5. The molecule has 12 nitrogen and oxygen atoms in total. The molecule has 57 heavy (non-hydrogen) atoms. The van der Waals surface area contributed by atoms with Crippen molar-refractivity contribution in [3.05, 3.63) is 0 Å². The number of aliphatic hydroxyl groups excluding tert-OH is 3. The van der Waals surface area contributed by atoms with Crippen LogP contribution < -0.4 is 30.7 Å². The number of nitrogens with one attached hydrogen (secondary N) is 3. The summed E-state index contributed by atoms with van der Waals surface area (Å²) in [5.41, 5.74) is 0.0795.